The average Bonchev–Trinajstić information content (AvgIpc) is 2.86. The van der Waals surface area contributed by atoms with Crippen molar-refractivity contribution in [3.8, 4) is 5.75 Å². The average molecular weight is 498 g/mol. The van der Waals surface area contributed by atoms with Crippen LogP contribution in [-0.2, 0) is 10.0 Å². The van der Waals surface area contributed by atoms with Gasteiger partial charge in [-0.05, 0) is 61.9 Å². The molecule has 0 radical (unpaired) electrons. The molecule has 0 amide bonds. The molecule has 3 aromatic rings. The molecule has 0 saturated heterocycles. The smallest absolute Gasteiger partial charge is 0.270 e. The van der Waals surface area contributed by atoms with Crippen molar-refractivity contribution in [2.24, 2.45) is 5.10 Å². The summed E-state index contributed by atoms with van der Waals surface area (Å²) in [7, 11) is -2.67. The van der Waals surface area contributed by atoms with E-state index in [2.05, 4.69) is 34.0 Å². The van der Waals surface area contributed by atoms with Gasteiger partial charge in [-0.25, -0.2) is 8.42 Å². The van der Waals surface area contributed by atoms with Crippen LogP contribution in [0.5, 0.6) is 5.75 Å². The van der Waals surface area contributed by atoms with E-state index in [0.717, 1.165) is 30.4 Å². The third-order valence-corrected chi connectivity index (χ3v) is 6.65. The highest BCUT2D eigenvalue weighted by molar-refractivity contribution is 7.92. The number of ether oxygens (including phenoxy) is 1. The van der Waals surface area contributed by atoms with Crippen LogP contribution in [0, 0.1) is 10.1 Å². The van der Waals surface area contributed by atoms with Crippen LogP contribution in [0.1, 0.15) is 19.4 Å². The third-order valence-electron chi connectivity index (χ3n) is 5.23. The monoisotopic (exact) mass is 497 g/mol. The summed E-state index contributed by atoms with van der Waals surface area (Å²) in [4.78, 5) is 12.5. The highest BCUT2D eigenvalue weighted by Gasteiger charge is 2.22. The van der Waals surface area contributed by atoms with Crippen LogP contribution in [0.25, 0.3) is 0 Å². The highest BCUT2D eigenvalue weighted by atomic mass is 32.2. The van der Waals surface area contributed by atoms with Gasteiger partial charge in [-0.15, -0.1) is 0 Å². The summed E-state index contributed by atoms with van der Waals surface area (Å²) in [6.07, 6.45) is 1.54. The molecule has 2 N–H and O–H groups in total. The molecule has 0 aliphatic heterocycles. The van der Waals surface area contributed by atoms with Crippen molar-refractivity contribution in [3.63, 3.8) is 0 Å². The minimum Gasteiger partial charge on any atom is -0.497 e. The van der Waals surface area contributed by atoms with Crippen molar-refractivity contribution in [1.82, 2.24) is 0 Å². The molecule has 0 bridgehead atoms. The summed E-state index contributed by atoms with van der Waals surface area (Å²) in [6, 6.07) is 17.5. The lowest BCUT2D eigenvalue weighted by Gasteiger charge is -2.20. The zero-order valence-electron chi connectivity index (χ0n) is 19.6. The zero-order chi connectivity index (χ0) is 25.4. The molecule has 3 aromatic carbocycles. The predicted molar refractivity (Wildman–Crippen MR) is 138 cm³/mol. The number of non-ortho nitro benzene ring substituents is 1. The first-order chi connectivity index (χ1) is 16.8. The van der Waals surface area contributed by atoms with Crippen LogP contribution >= 0.6 is 0 Å². The standard InChI is InChI=1S/C24H27N5O5S/c1-4-28(5-2)20-10-6-18(7-11-20)17-25-26-23-15-12-21(29(30)31)16-24(23)35(32,33)27-19-8-13-22(34-3)14-9-19/h6-17,26-27H,4-5H2,1-3H3. The van der Waals surface area contributed by atoms with E-state index in [4.69, 9.17) is 4.74 Å². The van der Waals surface area contributed by atoms with Gasteiger partial charge in [0.1, 0.15) is 10.6 Å². The Balaban J connectivity index is 1.84. The molecule has 0 fully saturated rings. The van der Waals surface area contributed by atoms with Crippen LogP contribution in [0.2, 0.25) is 0 Å². The fraction of sp³-hybridized carbons (Fsp3) is 0.208. The van der Waals surface area contributed by atoms with Crippen LogP contribution in [0.15, 0.2) is 76.7 Å². The van der Waals surface area contributed by atoms with Crippen molar-refractivity contribution < 1.29 is 18.1 Å². The molecular formula is C24H27N5O5S. The lowest BCUT2D eigenvalue weighted by molar-refractivity contribution is -0.385. The molecule has 0 spiro atoms. The number of hydrogen-bond acceptors (Lipinski definition) is 8. The van der Waals surface area contributed by atoms with E-state index in [9.17, 15) is 18.5 Å². The van der Waals surface area contributed by atoms with Crippen molar-refractivity contribution >= 4 is 39.0 Å². The minimum atomic E-state index is -4.17. The van der Waals surface area contributed by atoms with E-state index in [1.54, 1.807) is 18.3 Å². The molecule has 184 valence electrons. The first-order valence-electron chi connectivity index (χ1n) is 10.9. The van der Waals surface area contributed by atoms with Crippen LogP contribution in [0.3, 0.4) is 0 Å². The molecule has 10 nitrogen and oxygen atoms in total. The zero-order valence-corrected chi connectivity index (χ0v) is 20.5. The number of anilines is 3. The Morgan fingerprint density at radius 2 is 1.69 bits per heavy atom. The Labute approximate surface area is 204 Å². The fourth-order valence-corrected chi connectivity index (χ4v) is 4.58. The Hall–Kier alpha value is -4.12. The number of nitrogens with zero attached hydrogens (tertiary/aromatic N) is 3. The molecule has 35 heavy (non-hydrogen) atoms. The second-order valence-corrected chi connectivity index (χ2v) is 9.06. The fourth-order valence-electron chi connectivity index (χ4n) is 3.34. The lowest BCUT2D eigenvalue weighted by atomic mass is 10.2. The Bertz CT molecular complexity index is 1290. The van der Waals surface area contributed by atoms with E-state index in [-0.39, 0.29) is 22.0 Å². The number of hydrogen-bond donors (Lipinski definition) is 2. The van der Waals surface area contributed by atoms with Crippen molar-refractivity contribution in [2.75, 3.05) is 35.2 Å². The van der Waals surface area contributed by atoms with Crippen LogP contribution in [-0.4, -0.2) is 39.8 Å². The summed E-state index contributed by atoms with van der Waals surface area (Å²) < 4.78 is 33.7. The Morgan fingerprint density at radius 3 is 2.26 bits per heavy atom. The first kappa shape index (κ1) is 25.5. The lowest BCUT2D eigenvalue weighted by Crippen LogP contribution is -2.21. The van der Waals surface area contributed by atoms with Crippen LogP contribution in [0.4, 0.5) is 22.7 Å². The van der Waals surface area contributed by atoms with Gasteiger partial charge in [0, 0.05) is 36.6 Å². The summed E-state index contributed by atoms with van der Waals surface area (Å²) in [6.45, 7) is 5.96. The van der Waals surface area contributed by atoms with Crippen LogP contribution < -0.4 is 19.8 Å². The maximum absolute atomic E-state index is 13.1. The van der Waals surface area contributed by atoms with Gasteiger partial charge in [-0.2, -0.15) is 5.10 Å². The summed E-state index contributed by atoms with van der Waals surface area (Å²) >= 11 is 0. The van der Waals surface area contributed by atoms with Gasteiger partial charge in [0.25, 0.3) is 15.7 Å². The van der Waals surface area contributed by atoms with Gasteiger partial charge < -0.3 is 9.64 Å². The molecule has 0 heterocycles. The number of sulfonamides is 1. The number of rotatable bonds is 11. The largest absolute Gasteiger partial charge is 0.497 e. The summed E-state index contributed by atoms with van der Waals surface area (Å²) in [5, 5.41) is 15.4. The predicted octanol–water partition coefficient (Wildman–Crippen LogP) is 4.70. The van der Waals surface area contributed by atoms with Gasteiger partial charge in [0.05, 0.1) is 23.9 Å². The van der Waals surface area contributed by atoms with Gasteiger partial charge in [0.15, 0.2) is 0 Å². The Kier molecular flexibility index (Phi) is 8.26. The molecule has 0 saturated carbocycles. The molecular weight excluding hydrogens is 470 g/mol. The second-order valence-electron chi connectivity index (χ2n) is 7.41. The molecule has 0 aromatic heterocycles. The van der Waals surface area contributed by atoms with E-state index >= 15 is 0 Å². The number of nitrogens with one attached hydrogen (secondary N) is 2. The molecule has 0 atom stereocenters. The molecule has 0 aliphatic rings. The highest BCUT2D eigenvalue weighted by Crippen LogP contribution is 2.29. The first-order valence-corrected chi connectivity index (χ1v) is 12.3. The molecule has 11 heteroatoms. The van der Waals surface area contributed by atoms with Crippen molar-refractivity contribution in [2.45, 2.75) is 18.7 Å². The number of methoxy groups -OCH3 is 1. The second kappa shape index (κ2) is 11.3. The number of nitro groups is 1. The van der Waals surface area contributed by atoms with Crippen molar-refractivity contribution in [1.29, 1.82) is 0 Å². The van der Waals surface area contributed by atoms with Crippen molar-refractivity contribution in [3.05, 3.63) is 82.4 Å². The molecule has 0 unspecified atom stereocenters. The van der Waals surface area contributed by atoms with Gasteiger partial charge in [0.2, 0.25) is 0 Å². The summed E-state index contributed by atoms with van der Waals surface area (Å²) in [5.74, 6) is 0.560. The minimum absolute atomic E-state index is 0.0904. The summed E-state index contributed by atoms with van der Waals surface area (Å²) in [5.41, 5.74) is 4.60. The van der Waals surface area contributed by atoms with E-state index in [0.29, 0.717) is 5.75 Å². The SMILES string of the molecule is CCN(CC)c1ccc(C=NNc2ccc([N+](=O)[O-])cc2S(=O)(=O)Nc2ccc(OC)cc2)cc1. The number of benzene rings is 3. The van der Waals surface area contributed by atoms with Gasteiger partial charge >= 0.3 is 0 Å². The normalized spacial score (nSPS) is 11.3. The molecule has 3 rings (SSSR count). The topological polar surface area (TPSA) is 126 Å². The number of hydrazone groups is 1. The van der Waals surface area contributed by atoms with Gasteiger partial charge in [-0.1, -0.05) is 12.1 Å². The maximum Gasteiger partial charge on any atom is 0.270 e. The van der Waals surface area contributed by atoms with E-state index < -0.39 is 14.9 Å². The third kappa shape index (κ3) is 6.48. The molecule has 0 aliphatic carbocycles. The Morgan fingerprint density at radius 1 is 1.03 bits per heavy atom. The van der Waals surface area contributed by atoms with E-state index in [1.807, 2.05) is 24.3 Å². The van der Waals surface area contributed by atoms with E-state index in [1.165, 1.54) is 31.4 Å². The maximum atomic E-state index is 13.1. The van der Waals surface area contributed by atoms with Gasteiger partial charge in [-0.3, -0.25) is 20.3 Å². The quantitative estimate of drug-likeness (QED) is 0.223. The number of nitro benzene ring substituents is 1.